The number of amidine groups is 1. The van der Waals surface area contributed by atoms with Crippen LogP contribution in [0.1, 0.15) is 0 Å². The Hall–Kier alpha value is -1.78. The lowest BCUT2D eigenvalue weighted by atomic mass is 10.2. The molecule has 0 aromatic heterocycles. The Morgan fingerprint density at radius 3 is 2.65 bits per heavy atom. The van der Waals surface area contributed by atoms with Crippen molar-refractivity contribution in [3.63, 3.8) is 0 Å². The summed E-state index contributed by atoms with van der Waals surface area (Å²) in [6, 6.07) is 7.61. The molecule has 2 aliphatic heterocycles. The maximum atomic E-state index is 12.3. The average molecular weight is 398 g/mol. The van der Waals surface area contributed by atoms with Gasteiger partial charge in [0.2, 0.25) is 15.9 Å². The molecule has 0 bridgehead atoms. The number of nitrogens with one attached hydrogen (secondary N) is 2. The normalized spacial score (nSPS) is 18.3. The molecule has 2 aliphatic rings. The number of anilines is 2. The summed E-state index contributed by atoms with van der Waals surface area (Å²) in [6.45, 7) is 3.66. The second-order valence-corrected chi connectivity index (χ2v) is 9.06. The first-order valence-electron chi connectivity index (χ1n) is 8.43. The Kier molecular flexibility index (Phi) is 6.05. The smallest absolute Gasteiger partial charge is 0.234 e. The molecule has 3 rings (SSSR count). The van der Waals surface area contributed by atoms with Gasteiger partial charge in [0, 0.05) is 32.7 Å². The molecule has 0 unspecified atom stereocenters. The third-order valence-corrected chi connectivity index (χ3v) is 6.47. The maximum absolute atomic E-state index is 12.3. The zero-order valence-corrected chi connectivity index (χ0v) is 16.3. The van der Waals surface area contributed by atoms with Crippen molar-refractivity contribution in [2.75, 3.05) is 61.5 Å². The van der Waals surface area contributed by atoms with Crippen molar-refractivity contribution in [3.05, 3.63) is 24.3 Å². The molecule has 2 N–H and O–H groups in total. The van der Waals surface area contributed by atoms with E-state index < -0.39 is 10.0 Å². The summed E-state index contributed by atoms with van der Waals surface area (Å²) in [7, 11) is -3.16. The van der Waals surface area contributed by atoms with Gasteiger partial charge < -0.3 is 15.5 Å². The number of piperazine rings is 1. The first kappa shape index (κ1) is 19.0. The largest absolute Gasteiger partial charge is 0.367 e. The van der Waals surface area contributed by atoms with Crippen molar-refractivity contribution >= 4 is 44.2 Å². The van der Waals surface area contributed by atoms with E-state index in [1.165, 1.54) is 22.3 Å². The van der Waals surface area contributed by atoms with Gasteiger partial charge in [-0.25, -0.2) is 8.42 Å². The highest BCUT2D eigenvalue weighted by molar-refractivity contribution is 8.14. The lowest BCUT2D eigenvalue weighted by Crippen LogP contribution is -2.48. The Bertz CT molecular complexity index is 789. The molecular weight excluding hydrogens is 374 g/mol. The number of sulfonamides is 1. The van der Waals surface area contributed by atoms with E-state index in [1.54, 1.807) is 0 Å². The van der Waals surface area contributed by atoms with Crippen molar-refractivity contribution in [1.29, 1.82) is 0 Å². The summed E-state index contributed by atoms with van der Waals surface area (Å²) < 4.78 is 24.8. The molecule has 0 spiro atoms. The Balaban J connectivity index is 1.60. The van der Waals surface area contributed by atoms with E-state index in [4.69, 9.17) is 0 Å². The van der Waals surface area contributed by atoms with E-state index in [2.05, 4.69) is 20.5 Å². The number of benzene rings is 1. The highest BCUT2D eigenvalue weighted by Gasteiger charge is 2.24. The maximum Gasteiger partial charge on any atom is 0.234 e. The number of carbonyl (C=O) groups is 1. The van der Waals surface area contributed by atoms with E-state index in [0.717, 1.165) is 29.6 Å². The van der Waals surface area contributed by atoms with Crippen LogP contribution in [0.2, 0.25) is 0 Å². The van der Waals surface area contributed by atoms with Crippen molar-refractivity contribution in [3.8, 4) is 0 Å². The number of hydrogen-bond acceptors (Lipinski definition) is 7. The molecule has 10 heteroatoms. The van der Waals surface area contributed by atoms with Crippen LogP contribution in [0.5, 0.6) is 0 Å². The van der Waals surface area contributed by atoms with Gasteiger partial charge in [0.15, 0.2) is 5.17 Å². The molecule has 1 aromatic rings. The molecule has 0 radical (unpaired) electrons. The molecule has 26 heavy (non-hydrogen) atoms. The molecule has 1 saturated heterocycles. The van der Waals surface area contributed by atoms with Crippen LogP contribution in [0.4, 0.5) is 11.4 Å². The van der Waals surface area contributed by atoms with Gasteiger partial charge in [0.05, 0.1) is 29.9 Å². The molecule has 0 aliphatic carbocycles. The van der Waals surface area contributed by atoms with E-state index >= 15 is 0 Å². The van der Waals surface area contributed by atoms with Gasteiger partial charge in [-0.2, -0.15) is 4.31 Å². The lowest BCUT2D eigenvalue weighted by Gasteiger charge is -2.35. The van der Waals surface area contributed by atoms with Crippen LogP contribution in [0, 0.1) is 0 Å². The van der Waals surface area contributed by atoms with E-state index in [-0.39, 0.29) is 5.91 Å². The summed E-state index contributed by atoms with van der Waals surface area (Å²) in [4.78, 5) is 18.6. The van der Waals surface area contributed by atoms with Crippen LogP contribution >= 0.6 is 11.8 Å². The van der Waals surface area contributed by atoms with Crippen LogP contribution in [0.3, 0.4) is 0 Å². The van der Waals surface area contributed by atoms with Crippen molar-refractivity contribution < 1.29 is 13.2 Å². The topological polar surface area (TPSA) is 94.1 Å². The van der Waals surface area contributed by atoms with Gasteiger partial charge in [0.1, 0.15) is 0 Å². The van der Waals surface area contributed by atoms with Crippen LogP contribution in [-0.4, -0.2) is 75.1 Å². The van der Waals surface area contributed by atoms with Crippen LogP contribution in [0.15, 0.2) is 29.3 Å². The number of para-hydroxylation sites is 2. The number of amides is 1. The Labute approximate surface area is 158 Å². The minimum absolute atomic E-state index is 0.0892. The molecular formula is C16H23N5O3S2. The molecule has 142 valence electrons. The zero-order valence-electron chi connectivity index (χ0n) is 14.6. The summed E-state index contributed by atoms with van der Waals surface area (Å²) >= 11 is 1.40. The standard InChI is InChI=1S/C16H23N5O3S2/c1-26(23,24)21-10-8-20(9-11-21)14-5-3-2-4-13(14)19-15(22)12-25-16-17-6-7-18-16/h2-5H,6-12H2,1H3,(H,17,18)(H,19,22). The lowest BCUT2D eigenvalue weighted by molar-refractivity contribution is -0.113. The molecule has 2 heterocycles. The predicted octanol–water partition coefficient (Wildman–Crippen LogP) is 0.399. The van der Waals surface area contributed by atoms with E-state index in [9.17, 15) is 13.2 Å². The molecule has 8 nitrogen and oxygen atoms in total. The number of nitrogens with zero attached hydrogens (tertiary/aromatic N) is 3. The average Bonchev–Trinajstić information content (AvgIpc) is 3.13. The fourth-order valence-corrected chi connectivity index (χ4v) is 4.46. The van der Waals surface area contributed by atoms with E-state index in [0.29, 0.717) is 31.9 Å². The fraction of sp³-hybridized carbons (Fsp3) is 0.500. The number of thioether (sulfide) groups is 1. The summed E-state index contributed by atoms with van der Waals surface area (Å²) in [5.41, 5.74) is 1.66. The monoisotopic (exact) mass is 397 g/mol. The van der Waals surface area contributed by atoms with Crippen molar-refractivity contribution in [1.82, 2.24) is 9.62 Å². The second kappa shape index (κ2) is 8.28. The van der Waals surface area contributed by atoms with Gasteiger partial charge in [-0.3, -0.25) is 9.79 Å². The van der Waals surface area contributed by atoms with Gasteiger partial charge in [-0.1, -0.05) is 23.9 Å². The molecule has 0 saturated carbocycles. The SMILES string of the molecule is CS(=O)(=O)N1CCN(c2ccccc2NC(=O)CSC2=NCCN2)CC1. The molecule has 1 amide bonds. The van der Waals surface area contributed by atoms with Gasteiger partial charge >= 0.3 is 0 Å². The first-order chi connectivity index (χ1) is 12.4. The number of carbonyl (C=O) groups excluding carboxylic acids is 1. The minimum atomic E-state index is -3.16. The second-order valence-electron chi connectivity index (χ2n) is 6.12. The third-order valence-electron chi connectivity index (χ3n) is 4.21. The van der Waals surface area contributed by atoms with Gasteiger partial charge in [-0.05, 0) is 12.1 Å². The minimum Gasteiger partial charge on any atom is -0.367 e. The third kappa shape index (κ3) is 4.89. The quantitative estimate of drug-likeness (QED) is 0.747. The highest BCUT2D eigenvalue weighted by atomic mass is 32.2. The highest BCUT2D eigenvalue weighted by Crippen LogP contribution is 2.27. The number of aliphatic imine (C=N–C) groups is 1. The van der Waals surface area contributed by atoms with Crippen molar-refractivity contribution in [2.24, 2.45) is 4.99 Å². The van der Waals surface area contributed by atoms with Gasteiger partial charge in [0.25, 0.3) is 0 Å². The van der Waals surface area contributed by atoms with Crippen LogP contribution < -0.4 is 15.5 Å². The summed E-state index contributed by atoms with van der Waals surface area (Å²) in [6.07, 6.45) is 1.23. The van der Waals surface area contributed by atoms with Crippen LogP contribution in [-0.2, 0) is 14.8 Å². The first-order valence-corrected chi connectivity index (χ1v) is 11.3. The van der Waals surface area contributed by atoms with E-state index in [1.807, 2.05) is 24.3 Å². The van der Waals surface area contributed by atoms with Crippen molar-refractivity contribution in [2.45, 2.75) is 0 Å². The summed E-state index contributed by atoms with van der Waals surface area (Å²) in [5, 5.41) is 6.89. The molecule has 0 atom stereocenters. The number of hydrogen-bond donors (Lipinski definition) is 2. The predicted molar refractivity (Wildman–Crippen MR) is 106 cm³/mol. The van der Waals surface area contributed by atoms with Gasteiger partial charge in [-0.15, -0.1) is 0 Å². The Morgan fingerprint density at radius 2 is 2.00 bits per heavy atom. The number of rotatable bonds is 5. The molecule has 1 aromatic carbocycles. The zero-order chi connectivity index (χ0) is 18.6. The van der Waals surface area contributed by atoms with Crippen LogP contribution in [0.25, 0.3) is 0 Å². The molecule has 1 fully saturated rings. The fourth-order valence-electron chi connectivity index (χ4n) is 2.91. The summed E-state index contributed by atoms with van der Waals surface area (Å²) in [5.74, 6) is 0.204. The Morgan fingerprint density at radius 1 is 1.27 bits per heavy atom.